The minimum atomic E-state index is 0.908. The fourth-order valence-corrected chi connectivity index (χ4v) is 8.89. The van der Waals surface area contributed by atoms with E-state index >= 15 is 0 Å². The largest absolute Gasteiger partial charge is 0.456 e. The van der Waals surface area contributed by atoms with Crippen LogP contribution in [-0.4, -0.2) is 9.13 Å². The maximum absolute atomic E-state index is 6.29. The predicted octanol–water partition coefficient (Wildman–Crippen LogP) is 14.3. The number of fused-ring (bicyclic) bond motifs is 10. The van der Waals surface area contributed by atoms with Gasteiger partial charge in [0.05, 0.1) is 22.1 Å². The van der Waals surface area contributed by atoms with Gasteiger partial charge in [-0.2, -0.15) is 0 Å². The van der Waals surface area contributed by atoms with Crippen LogP contribution in [0.3, 0.4) is 0 Å². The first-order valence-corrected chi connectivity index (χ1v) is 18.8. The highest BCUT2D eigenvalue weighted by atomic mass is 16.3. The van der Waals surface area contributed by atoms with Gasteiger partial charge >= 0.3 is 0 Å². The van der Waals surface area contributed by atoms with E-state index in [-0.39, 0.29) is 0 Å². The lowest BCUT2D eigenvalue weighted by Gasteiger charge is -2.10. The molecule has 256 valence electrons. The van der Waals surface area contributed by atoms with Crippen LogP contribution in [0.15, 0.2) is 199 Å². The van der Waals surface area contributed by atoms with Gasteiger partial charge in [-0.3, -0.25) is 0 Å². The Hall–Kier alpha value is -7.36. The van der Waals surface area contributed by atoms with E-state index in [0.29, 0.717) is 0 Å². The molecule has 0 atom stereocenters. The molecule has 12 rings (SSSR count). The molecule has 0 bridgehead atoms. The van der Waals surface area contributed by atoms with Gasteiger partial charge in [0.25, 0.3) is 0 Å². The van der Waals surface area contributed by atoms with Crippen molar-refractivity contribution >= 4 is 76.3 Å². The first kappa shape index (κ1) is 30.1. The van der Waals surface area contributed by atoms with E-state index in [1.54, 1.807) is 0 Å². The minimum Gasteiger partial charge on any atom is -0.456 e. The number of nitrogens with zero attached hydrogens (tertiary/aromatic N) is 2. The zero-order chi connectivity index (χ0) is 36.0. The number of furan rings is 1. The molecular weight excluding hydrogens is 669 g/mol. The van der Waals surface area contributed by atoms with Crippen LogP contribution in [0.2, 0.25) is 0 Å². The lowest BCUT2D eigenvalue weighted by Crippen LogP contribution is -1.94. The monoisotopic (exact) mass is 700 g/mol. The van der Waals surface area contributed by atoms with Crippen LogP contribution in [0, 0.1) is 0 Å². The van der Waals surface area contributed by atoms with E-state index in [9.17, 15) is 0 Å². The number of hydrogen-bond acceptors (Lipinski definition) is 1. The summed E-state index contributed by atoms with van der Waals surface area (Å²) in [5.74, 6) is 0. The Bertz CT molecular complexity index is 3490. The van der Waals surface area contributed by atoms with Gasteiger partial charge in [0.1, 0.15) is 11.2 Å². The number of hydrogen-bond donors (Lipinski definition) is 0. The van der Waals surface area contributed by atoms with Crippen molar-refractivity contribution < 1.29 is 4.42 Å². The molecule has 0 saturated carbocycles. The third kappa shape index (κ3) is 4.57. The second kappa shape index (κ2) is 11.6. The highest BCUT2D eigenvalue weighted by molar-refractivity contribution is 6.14. The summed E-state index contributed by atoms with van der Waals surface area (Å²) in [6.45, 7) is 0. The molecule has 3 nitrogen and oxygen atoms in total. The molecular formula is C52H32N2O. The predicted molar refractivity (Wildman–Crippen MR) is 231 cm³/mol. The molecule has 0 aliphatic carbocycles. The molecule has 0 unspecified atom stereocenters. The minimum absolute atomic E-state index is 0.908. The van der Waals surface area contributed by atoms with E-state index in [0.717, 1.165) is 38.8 Å². The normalized spacial score (nSPS) is 12.0. The van der Waals surface area contributed by atoms with Crippen molar-refractivity contribution in [1.82, 2.24) is 9.13 Å². The van der Waals surface area contributed by atoms with Crippen molar-refractivity contribution in [1.29, 1.82) is 0 Å². The number of rotatable bonds is 4. The number of para-hydroxylation sites is 3. The molecule has 0 aliphatic heterocycles. The Kier molecular flexibility index (Phi) is 6.34. The van der Waals surface area contributed by atoms with Crippen LogP contribution in [0.25, 0.3) is 110 Å². The van der Waals surface area contributed by atoms with Gasteiger partial charge in [-0.25, -0.2) is 0 Å². The molecule has 0 radical (unpaired) electrons. The first-order valence-electron chi connectivity index (χ1n) is 18.8. The van der Waals surface area contributed by atoms with E-state index in [2.05, 4.69) is 191 Å². The van der Waals surface area contributed by atoms with Crippen molar-refractivity contribution in [2.75, 3.05) is 0 Å². The van der Waals surface area contributed by atoms with Crippen LogP contribution >= 0.6 is 0 Å². The lowest BCUT2D eigenvalue weighted by molar-refractivity contribution is 0.669. The maximum Gasteiger partial charge on any atom is 0.136 e. The van der Waals surface area contributed by atoms with Gasteiger partial charge in [-0.15, -0.1) is 0 Å². The molecule has 0 amide bonds. The second-order valence-electron chi connectivity index (χ2n) is 14.6. The van der Waals surface area contributed by atoms with Crippen LogP contribution in [0.1, 0.15) is 0 Å². The molecule has 12 aromatic rings. The Morgan fingerprint density at radius 2 is 0.782 bits per heavy atom. The van der Waals surface area contributed by atoms with Crippen molar-refractivity contribution in [2.24, 2.45) is 0 Å². The van der Waals surface area contributed by atoms with Crippen LogP contribution in [0.5, 0.6) is 0 Å². The molecule has 3 aromatic heterocycles. The molecule has 3 heterocycles. The Morgan fingerprint density at radius 1 is 0.273 bits per heavy atom. The van der Waals surface area contributed by atoms with Crippen molar-refractivity contribution in [3.63, 3.8) is 0 Å². The standard InChI is InChI=1S/C52H32N2O/c1-2-12-39(13-3-1)53-49-26-21-36(30-45(49)46-31-37(22-27-50(46)53)38-19-24-43-42-15-7-9-17-51(42)55-52(43)32-38)35-20-25-48-44(29-35)41-14-6-8-16-47(41)54(48)40-23-18-33-10-4-5-11-34(33)28-40/h1-32H. The molecule has 0 N–H and O–H groups in total. The van der Waals surface area contributed by atoms with Gasteiger partial charge in [-0.1, -0.05) is 109 Å². The highest BCUT2D eigenvalue weighted by Gasteiger charge is 2.17. The molecule has 3 heteroatoms. The van der Waals surface area contributed by atoms with Gasteiger partial charge in [-0.05, 0) is 118 Å². The number of aromatic nitrogens is 2. The van der Waals surface area contributed by atoms with Crippen molar-refractivity contribution in [3.05, 3.63) is 194 Å². The summed E-state index contributed by atoms with van der Waals surface area (Å²) < 4.78 is 11.1. The van der Waals surface area contributed by atoms with Crippen LogP contribution in [0.4, 0.5) is 0 Å². The number of benzene rings is 9. The van der Waals surface area contributed by atoms with E-state index < -0.39 is 0 Å². The Morgan fingerprint density at radius 3 is 1.51 bits per heavy atom. The molecule has 0 spiro atoms. The molecule has 0 saturated heterocycles. The quantitative estimate of drug-likeness (QED) is 0.179. The van der Waals surface area contributed by atoms with Gasteiger partial charge < -0.3 is 13.6 Å². The Labute approximate surface area is 316 Å². The highest BCUT2D eigenvalue weighted by Crippen LogP contribution is 2.40. The zero-order valence-electron chi connectivity index (χ0n) is 29.8. The van der Waals surface area contributed by atoms with E-state index in [1.807, 2.05) is 12.1 Å². The second-order valence-corrected chi connectivity index (χ2v) is 14.6. The smallest absolute Gasteiger partial charge is 0.136 e. The summed E-state index contributed by atoms with van der Waals surface area (Å²) in [7, 11) is 0. The molecule has 0 aliphatic rings. The summed E-state index contributed by atoms with van der Waals surface area (Å²) in [5.41, 5.74) is 13.6. The zero-order valence-corrected chi connectivity index (χ0v) is 29.8. The summed E-state index contributed by atoms with van der Waals surface area (Å²) in [6, 6.07) is 70.4. The first-order chi connectivity index (χ1) is 27.2. The van der Waals surface area contributed by atoms with E-state index in [4.69, 9.17) is 4.42 Å². The van der Waals surface area contributed by atoms with Gasteiger partial charge in [0, 0.05) is 43.7 Å². The molecule has 0 fully saturated rings. The summed E-state index contributed by atoms with van der Waals surface area (Å²) in [4.78, 5) is 0. The summed E-state index contributed by atoms with van der Waals surface area (Å²) in [5, 5.41) is 9.72. The average Bonchev–Trinajstić information content (AvgIpc) is 3.90. The summed E-state index contributed by atoms with van der Waals surface area (Å²) >= 11 is 0. The van der Waals surface area contributed by atoms with Crippen molar-refractivity contribution in [3.8, 4) is 33.6 Å². The SMILES string of the molecule is c1ccc(-n2c3ccc(-c4ccc5c(c4)oc4ccccc45)cc3c3cc(-c4ccc5c(c4)c4ccccc4n5-c4ccc5ccccc5c4)ccc32)cc1. The van der Waals surface area contributed by atoms with Crippen LogP contribution < -0.4 is 0 Å². The van der Waals surface area contributed by atoms with E-state index in [1.165, 1.54) is 71.2 Å². The third-order valence-corrected chi connectivity index (χ3v) is 11.5. The summed E-state index contributed by atoms with van der Waals surface area (Å²) in [6.07, 6.45) is 0. The Balaban J connectivity index is 1.04. The fraction of sp³-hybridized carbons (Fsp3) is 0. The topological polar surface area (TPSA) is 23.0 Å². The molecule has 9 aromatic carbocycles. The van der Waals surface area contributed by atoms with Crippen LogP contribution in [-0.2, 0) is 0 Å². The van der Waals surface area contributed by atoms with Gasteiger partial charge in [0.15, 0.2) is 0 Å². The molecule has 55 heavy (non-hydrogen) atoms. The lowest BCUT2D eigenvalue weighted by atomic mass is 9.99. The van der Waals surface area contributed by atoms with Gasteiger partial charge in [0.2, 0.25) is 0 Å². The maximum atomic E-state index is 6.29. The fourth-order valence-electron chi connectivity index (χ4n) is 8.89. The average molecular weight is 701 g/mol. The van der Waals surface area contributed by atoms with Crippen molar-refractivity contribution in [2.45, 2.75) is 0 Å². The third-order valence-electron chi connectivity index (χ3n) is 11.5.